The molecule has 0 spiro atoms. The van der Waals surface area contributed by atoms with Crippen molar-refractivity contribution in [3.63, 3.8) is 0 Å². The molecule has 2 aromatic carbocycles. The normalized spacial score (nSPS) is 14.4. The van der Waals surface area contributed by atoms with Crippen LogP contribution >= 0.6 is 23.1 Å². The summed E-state index contributed by atoms with van der Waals surface area (Å²) in [6, 6.07) is 17.3. The van der Waals surface area contributed by atoms with Crippen LogP contribution in [0.15, 0.2) is 64.5 Å². The van der Waals surface area contributed by atoms with Crippen molar-refractivity contribution in [2.45, 2.75) is 50.6 Å². The van der Waals surface area contributed by atoms with E-state index in [1.165, 1.54) is 23.1 Å². The predicted molar refractivity (Wildman–Crippen MR) is 149 cm³/mol. The van der Waals surface area contributed by atoms with Gasteiger partial charge in [0.05, 0.1) is 30.5 Å². The van der Waals surface area contributed by atoms with E-state index in [0.717, 1.165) is 21.8 Å². The molecule has 0 saturated carbocycles. The van der Waals surface area contributed by atoms with Gasteiger partial charge in [-0.3, -0.25) is 14.2 Å². The van der Waals surface area contributed by atoms with Crippen LogP contribution in [0.5, 0.6) is 5.75 Å². The number of carbonyl (C=O) groups excluding carboxylic acids is 1. The van der Waals surface area contributed by atoms with E-state index in [0.29, 0.717) is 47.1 Å². The lowest BCUT2D eigenvalue weighted by atomic mass is 9.94. The molecular weight excluding hydrogens is 506 g/mol. The minimum Gasteiger partial charge on any atom is -0.497 e. The molecular formula is C28H29N3O4S2. The summed E-state index contributed by atoms with van der Waals surface area (Å²) < 4.78 is 12.9. The Morgan fingerprint density at radius 3 is 2.68 bits per heavy atom. The Morgan fingerprint density at radius 1 is 1.19 bits per heavy atom. The zero-order valence-corrected chi connectivity index (χ0v) is 22.7. The van der Waals surface area contributed by atoms with E-state index < -0.39 is 0 Å². The first-order chi connectivity index (χ1) is 17.8. The molecule has 0 bridgehead atoms. The van der Waals surface area contributed by atoms with Gasteiger partial charge in [0, 0.05) is 23.5 Å². The van der Waals surface area contributed by atoms with Crippen LogP contribution < -0.4 is 15.6 Å². The zero-order chi connectivity index (χ0) is 26.0. The second-order valence-corrected chi connectivity index (χ2v) is 11.6. The first-order valence-corrected chi connectivity index (χ1v) is 13.9. The number of fused-ring (bicyclic) bond motifs is 3. The standard InChI is InChI=1S/C28H29N3O4S2/c1-28(2)15-21-22(16-35-28)37-25-24(21)26(33)31(14-13-18-7-5-4-6-8-18)27(30-25)36-17-23(32)29-19-9-11-20(34-3)12-10-19/h4-12H,13-17H2,1-3H3,(H,29,32). The van der Waals surface area contributed by atoms with Crippen molar-refractivity contribution < 1.29 is 14.3 Å². The van der Waals surface area contributed by atoms with E-state index in [1.807, 2.05) is 32.0 Å². The summed E-state index contributed by atoms with van der Waals surface area (Å²) in [5, 5.41) is 4.14. The fourth-order valence-corrected chi connectivity index (χ4v) is 6.37. The molecule has 1 aliphatic rings. The van der Waals surface area contributed by atoms with Crippen molar-refractivity contribution in [2.24, 2.45) is 0 Å². The number of anilines is 1. The van der Waals surface area contributed by atoms with Gasteiger partial charge in [-0.05, 0) is 55.7 Å². The summed E-state index contributed by atoms with van der Waals surface area (Å²) in [5.41, 5.74) is 2.51. The number of nitrogens with zero attached hydrogens (tertiary/aromatic N) is 2. The third kappa shape index (κ3) is 5.74. The second kappa shape index (κ2) is 10.7. The number of hydrogen-bond acceptors (Lipinski definition) is 7. The van der Waals surface area contributed by atoms with Gasteiger partial charge in [-0.1, -0.05) is 42.1 Å². The molecule has 5 rings (SSSR count). The number of carbonyl (C=O) groups is 1. The van der Waals surface area contributed by atoms with Gasteiger partial charge < -0.3 is 14.8 Å². The Morgan fingerprint density at radius 2 is 1.95 bits per heavy atom. The van der Waals surface area contributed by atoms with Crippen LogP contribution in [0.2, 0.25) is 0 Å². The van der Waals surface area contributed by atoms with Gasteiger partial charge in [0.1, 0.15) is 10.6 Å². The molecule has 0 atom stereocenters. The molecule has 4 aromatic rings. The Balaban J connectivity index is 1.43. The average Bonchev–Trinajstić information content (AvgIpc) is 3.24. The van der Waals surface area contributed by atoms with Gasteiger partial charge in [-0.2, -0.15) is 0 Å². The van der Waals surface area contributed by atoms with E-state index in [9.17, 15) is 9.59 Å². The number of aromatic nitrogens is 2. The fourth-order valence-electron chi connectivity index (χ4n) is 4.40. The van der Waals surface area contributed by atoms with E-state index in [1.54, 1.807) is 35.9 Å². The Hall–Kier alpha value is -3.14. The SMILES string of the molecule is COc1ccc(NC(=O)CSc2nc3sc4c(c3c(=O)n2CCc2ccccc2)CC(C)(C)OC4)cc1. The summed E-state index contributed by atoms with van der Waals surface area (Å²) >= 11 is 2.80. The first kappa shape index (κ1) is 25.5. The van der Waals surface area contributed by atoms with Crippen LogP contribution in [0.3, 0.4) is 0 Å². The van der Waals surface area contributed by atoms with Gasteiger partial charge in [0.2, 0.25) is 5.91 Å². The quantitative estimate of drug-likeness (QED) is 0.244. The minimum absolute atomic E-state index is 0.0470. The van der Waals surface area contributed by atoms with Gasteiger partial charge in [-0.15, -0.1) is 11.3 Å². The maximum absolute atomic E-state index is 13.9. The monoisotopic (exact) mass is 535 g/mol. The van der Waals surface area contributed by atoms with Gasteiger partial charge in [0.25, 0.3) is 5.56 Å². The van der Waals surface area contributed by atoms with Crippen LogP contribution in [0, 0.1) is 0 Å². The molecule has 192 valence electrons. The number of aryl methyl sites for hydroxylation is 1. The minimum atomic E-state index is -0.324. The highest BCUT2D eigenvalue weighted by Crippen LogP contribution is 2.37. The fraction of sp³-hybridized carbons (Fsp3) is 0.321. The van der Waals surface area contributed by atoms with Crippen LogP contribution in [-0.2, 0) is 35.5 Å². The second-order valence-electron chi connectivity index (χ2n) is 9.56. The van der Waals surface area contributed by atoms with Crippen LogP contribution in [0.4, 0.5) is 5.69 Å². The lowest BCUT2D eigenvalue weighted by Crippen LogP contribution is -2.32. The predicted octanol–water partition coefficient (Wildman–Crippen LogP) is 5.29. The molecule has 0 fully saturated rings. The van der Waals surface area contributed by atoms with Crippen molar-refractivity contribution in [1.82, 2.24) is 9.55 Å². The number of thiophene rings is 1. The average molecular weight is 536 g/mol. The number of rotatable bonds is 8. The highest BCUT2D eigenvalue weighted by Gasteiger charge is 2.31. The number of benzene rings is 2. The Kier molecular flexibility index (Phi) is 7.37. The zero-order valence-electron chi connectivity index (χ0n) is 21.1. The Labute approximate surface area is 223 Å². The summed E-state index contributed by atoms with van der Waals surface area (Å²) in [4.78, 5) is 33.3. The molecule has 1 N–H and O–H groups in total. The lowest BCUT2D eigenvalue weighted by Gasteiger charge is -2.29. The number of nitrogens with one attached hydrogen (secondary N) is 1. The molecule has 0 radical (unpaired) electrons. The number of amides is 1. The molecule has 1 amide bonds. The smallest absolute Gasteiger partial charge is 0.263 e. The van der Waals surface area contributed by atoms with Crippen molar-refractivity contribution in [3.05, 3.63) is 81.0 Å². The lowest BCUT2D eigenvalue weighted by molar-refractivity contribution is -0.113. The van der Waals surface area contributed by atoms with E-state index in [4.69, 9.17) is 14.5 Å². The first-order valence-electron chi connectivity index (χ1n) is 12.1. The third-order valence-electron chi connectivity index (χ3n) is 6.33. The van der Waals surface area contributed by atoms with Crippen LogP contribution in [0.25, 0.3) is 10.2 Å². The van der Waals surface area contributed by atoms with E-state index in [-0.39, 0.29) is 22.8 Å². The number of hydrogen-bond donors (Lipinski definition) is 1. The number of thioether (sulfide) groups is 1. The number of ether oxygens (including phenoxy) is 2. The molecule has 3 heterocycles. The topological polar surface area (TPSA) is 82.5 Å². The van der Waals surface area contributed by atoms with Crippen LogP contribution in [-0.4, -0.2) is 33.9 Å². The molecule has 0 aliphatic carbocycles. The van der Waals surface area contributed by atoms with Gasteiger partial charge in [-0.25, -0.2) is 4.98 Å². The van der Waals surface area contributed by atoms with Crippen molar-refractivity contribution in [1.29, 1.82) is 0 Å². The maximum atomic E-state index is 13.9. The molecule has 7 nitrogen and oxygen atoms in total. The molecule has 0 unspecified atom stereocenters. The Bertz CT molecular complexity index is 1480. The summed E-state index contributed by atoms with van der Waals surface area (Å²) in [5.74, 6) is 0.691. The van der Waals surface area contributed by atoms with Crippen LogP contribution in [0.1, 0.15) is 29.9 Å². The maximum Gasteiger partial charge on any atom is 0.263 e. The summed E-state index contributed by atoms with van der Waals surface area (Å²) in [6.07, 6.45) is 1.37. The molecule has 1 aliphatic heterocycles. The highest BCUT2D eigenvalue weighted by atomic mass is 32.2. The molecule has 9 heteroatoms. The molecule has 0 saturated heterocycles. The summed E-state index contributed by atoms with van der Waals surface area (Å²) in [7, 11) is 1.60. The van der Waals surface area contributed by atoms with Crippen molar-refractivity contribution in [2.75, 3.05) is 18.2 Å². The van der Waals surface area contributed by atoms with Gasteiger partial charge >= 0.3 is 0 Å². The molecule has 37 heavy (non-hydrogen) atoms. The van der Waals surface area contributed by atoms with Gasteiger partial charge in [0.15, 0.2) is 5.16 Å². The third-order valence-corrected chi connectivity index (χ3v) is 8.40. The number of methoxy groups -OCH3 is 1. The van der Waals surface area contributed by atoms with E-state index in [2.05, 4.69) is 17.4 Å². The van der Waals surface area contributed by atoms with Crippen molar-refractivity contribution >= 4 is 44.9 Å². The van der Waals surface area contributed by atoms with Crippen molar-refractivity contribution in [3.8, 4) is 5.75 Å². The highest BCUT2D eigenvalue weighted by molar-refractivity contribution is 7.99. The van der Waals surface area contributed by atoms with E-state index >= 15 is 0 Å². The molecule has 2 aromatic heterocycles. The summed E-state index contributed by atoms with van der Waals surface area (Å²) in [6.45, 7) is 5.07. The largest absolute Gasteiger partial charge is 0.497 e.